The smallest absolute Gasteiger partial charge is 0.177 e. The molecular formula is C14H19N3S. The van der Waals surface area contributed by atoms with Crippen LogP contribution < -0.4 is 4.90 Å². The number of nitrogens with one attached hydrogen (secondary N) is 1. The molecule has 1 N–H and O–H groups in total. The molecule has 0 radical (unpaired) electrons. The maximum atomic E-state index is 5.24. The van der Waals surface area contributed by atoms with Crippen molar-refractivity contribution in [1.29, 1.82) is 0 Å². The number of nitrogens with zero attached hydrogens (tertiary/aromatic N) is 2. The fourth-order valence-electron chi connectivity index (χ4n) is 2.02. The van der Waals surface area contributed by atoms with E-state index in [0.717, 1.165) is 30.0 Å². The molecule has 0 aliphatic heterocycles. The van der Waals surface area contributed by atoms with Crippen LogP contribution in [0, 0.1) is 11.7 Å². The highest BCUT2D eigenvalue weighted by molar-refractivity contribution is 7.71. The number of aromatic amines is 1. The van der Waals surface area contributed by atoms with Gasteiger partial charge in [-0.3, -0.25) is 0 Å². The van der Waals surface area contributed by atoms with E-state index < -0.39 is 0 Å². The van der Waals surface area contributed by atoms with E-state index in [-0.39, 0.29) is 0 Å². The highest BCUT2D eigenvalue weighted by atomic mass is 32.1. The summed E-state index contributed by atoms with van der Waals surface area (Å²) in [6, 6.07) is 10.4. The van der Waals surface area contributed by atoms with Gasteiger partial charge in [-0.2, -0.15) is 0 Å². The van der Waals surface area contributed by atoms with Crippen LogP contribution >= 0.6 is 12.2 Å². The Bertz CT molecular complexity index is 542. The van der Waals surface area contributed by atoms with Gasteiger partial charge in [0.1, 0.15) is 0 Å². The molecule has 3 nitrogen and oxygen atoms in total. The van der Waals surface area contributed by atoms with Crippen LogP contribution in [-0.2, 0) is 6.54 Å². The predicted octanol–water partition coefficient (Wildman–Crippen LogP) is 3.38. The zero-order chi connectivity index (χ0) is 13.0. The molecular weight excluding hydrogens is 242 g/mol. The van der Waals surface area contributed by atoms with Crippen LogP contribution in [0.1, 0.15) is 12.1 Å². The Morgan fingerprint density at radius 1 is 1.28 bits per heavy atom. The van der Waals surface area contributed by atoms with E-state index in [4.69, 9.17) is 12.2 Å². The number of H-pyrrole nitrogens is 1. The molecule has 4 heteroatoms. The number of aromatic nitrogens is 2. The van der Waals surface area contributed by atoms with Gasteiger partial charge in [0.15, 0.2) is 4.77 Å². The number of aryl methyl sites for hydroxylation is 2. The molecule has 1 aromatic heterocycles. The molecule has 0 saturated carbocycles. The Morgan fingerprint density at radius 3 is 2.61 bits per heavy atom. The fraction of sp³-hybridized carbons (Fsp3) is 0.357. The monoisotopic (exact) mass is 261 g/mol. The number of benzene rings is 1. The summed E-state index contributed by atoms with van der Waals surface area (Å²) in [5.41, 5.74) is 2.38. The number of rotatable bonds is 5. The minimum Gasteiger partial charge on any atom is -0.375 e. The largest absolute Gasteiger partial charge is 0.375 e. The number of para-hydroxylation sites is 1. The molecule has 0 aliphatic rings. The van der Waals surface area contributed by atoms with Gasteiger partial charge in [0.25, 0.3) is 0 Å². The lowest BCUT2D eigenvalue weighted by atomic mass is 10.3. The Morgan fingerprint density at radius 2 is 2.00 bits per heavy atom. The van der Waals surface area contributed by atoms with Crippen LogP contribution in [0.25, 0.3) is 0 Å². The molecule has 0 fully saturated rings. The summed E-state index contributed by atoms with van der Waals surface area (Å²) in [7, 11) is 2.12. The second-order valence-corrected chi connectivity index (χ2v) is 4.93. The summed E-state index contributed by atoms with van der Waals surface area (Å²) in [6.07, 6.45) is 3.15. The lowest BCUT2D eigenvalue weighted by molar-refractivity contribution is 0.631. The average molecular weight is 261 g/mol. The zero-order valence-electron chi connectivity index (χ0n) is 10.9. The Balaban J connectivity index is 1.86. The third kappa shape index (κ3) is 3.23. The Labute approximate surface area is 113 Å². The van der Waals surface area contributed by atoms with Gasteiger partial charge in [0.05, 0.1) is 0 Å². The number of hydrogen-bond donors (Lipinski definition) is 1. The van der Waals surface area contributed by atoms with Crippen LogP contribution in [0.2, 0.25) is 0 Å². The Kier molecular flexibility index (Phi) is 4.20. The van der Waals surface area contributed by atoms with Crippen molar-refractivity contribution in [3.05, 3.63) is 47.0 Å². The van der Waals surface area contributed by atoms with Crippen LogP contribution in [0.15, 0.2) is 36.5 Å². The summed E-state index contributed by atoms with van der Waals surface area (Å²) >= 11 is 5.24. The highest BCUT2D eigenvalue weighted by Crippen LogP contribution is 2.11. The second-order valence-electron chi connectivity index (χ2n) is 4.55. The molecule has 0 amide bonds. The van der Waals surface area contributed by atoms with Crippen molar-refractivity contribution in [2.45, 2.75) is 19.9 Å². The van der Waals surface area contributed by atoms with Crippen LogP contribution in [0.3, 0.4) is 0 Å². The van der Waals surface area contributed by atoms with Gasteiger partial charge in [-0.15, -0.1) is 0 Å². The molecule has 0 unspecified atom stereocenters. The Hall–Kier alpha value is -1.55. The van der Waals surface area contributed by atoms with Crippen molar-refractivity contribution in [2.75, 3.05) is 18.5 Å². The third-order valence-electron chi connectivity index (χ3n) is 3.00. The third-order valence-corrected chi connectivity index (χ3v) is 3.34. The summed E-state index contributed by atoms with van der Waals surface area (Å²) in [5, 5.41) is 0. The minimum absolute atomic E-state index is 0.815. The maximum Gasteiger partial charge on any atom is 0.177 e. The predicted molar refractivity (Wildman–Crippen MR) is 78.7 cm³/mol. The fourth-order valence-corrected chi connectivity index (χ4v) is 2.33. The van der Waals surface area contributed by atoms with Gasteiger partial charge >= 0.3 is 0 Å². The van der Waals surface area contributed by atoms with Gasteiger partial charge in [-0.25, -0.2) is 0 Å². The van der Waals surface area contributed by atoms with Crippen molar-refractivity contribution in [3.8, 4) is 0 Å². The van der Waals surface area contributed by atoms with Crippen molar-refractivity contribution >= 4 is 17.9 Å². The molecule has 1 heterocycles. The molecule has 0 bridgehead atoms. The second kappa shape index (κ2) is 5.87. The van der Waals surface area contributed by atoms with Gasteiger partial charge in [0.2, 0.25) is 0 Å². The summed E-state index contributed by atoms with van der Waals surface area (Å²) in [6.45, 7) is 4.01. The number of hydrogen-bond acceptors (Lipinski definition) is 2. The van der Waals surface area contributed by atoms with Gasteiger partial charge in [0, 0.05) is 37.7 Å². The van der Waals surface area contributed by atoms with E-state index in [2.05, 4.69) is 52.0 Å². The maximum absolute atomic E-state index is 5.24. The summed E-state index contributed by atoms with van der Waals surface area (Å²) in [4.78, 5) is 5.41. The quantitative estimate of drug-likeness (QED) is 0.834. The first kappa shape index (κ1) is 12.9. The first-order chi connectivity index (χ1) is 8.66. The van der Waals surface area contributed by atoms with E-state index in [9.17, 15) is 0 Å². The first-order valence-corrected chi connectivity index (χ1v) is 6.60. The molecule has 96 valence electrons. The molecule has 0 atom stereocenters. The molecule has 18 heavy (non-hydrogen) atoms. The van der Waals surface area contributed by atoms with Crippen LogP contribution in [0.4, 0.5) is 5.69 Å². The average Bonchev–Trinajstić information content (AvgIpc) is 2.69. The van der Waals surface area contributed by atoms with Crippen molar-refractivity contribution in [1.82, 2.24) is 9.55 Å². The molecule has 0 aliphatic carbocycles. The van der Waals surface area contributed by atoms with Crippen molar-refractivity contribution < 1.29 is 0 Å². The van der Waals surface area contributed by atoms with E-state index in [0.29, 0.717) is 0 Å². The van der Waals surface area contributed by atoms with E-state index in [1.54, 1.807) is 0 Å². The van der Waals surface area contributed by atoms with E-state index in [1.807, 2.05) is 13.0 Å². The number of imidazole rings is 1. The molecule has 1 aromatic carbocycles. The van der Waals surface area contributed by atoms with Gasteiger partial charge < -0.3 is 14.5 Å². The normalized spacial score (nSPS) is 10.6. The summed E-state index contributed by atoms with van der Waals surface area (Å²) in [5.74, 6) is 0. The van der Waals surface area contributed by atoms with Gasteiger partial charge in [-0.05, 0) is 37.7 Å². The van der Waals surface area contributed by atoms with Gasteiger partial charge in [-0.1, -0.05) is 18.2 Å². The lowest BCUT2D eigenvalue weighted by Crippen LogP contribution is -2.19. The zero-order valence-corrected chi connectivity index (χ0v) is 11.7. The molecule has 2 aromatic rings. The van der Waals surface area contributed by atoms with Crippen LogP contribution in [0.5, 0.6) is 0 Å². The lowest BCUT2D eigenvalue weighted by Gasteiger charge is -2.19. The van der Waals surface area contributed by atoms with E-state index in [1.165, 1.54) is 5.69 Å². The topological polar surface area (TPSA) is 24.0 Å². The molecule has 2 rings (SSSR count). The van der Waals surface area contributed by atoms with Crippen molar-refractivity contribution in [3.63, 3.8) is 0 Å². The molecule has 0 spiro atoms. The van der Waals surface area contributed by atoms with Crippen LogP contribution in [-0.4, -0.2) is 23.1 Å². The SMILES string of the molecule is Cc1cn(CCCN(C)c2ccccc2)c(=S)[nH]1. The highest BCUT2D eigenvalue weighted by Gasteiger charge is 2.01. The number of anilines is 1. The van der Waals surface area contributed by atoms with Crippen molar-refractivity contribution in [2.24, 2.45) is 0 Å². The minimum atomic E-state index is 0.815. The first-order valence-electron chi connectivity index (χ1n) is 6.19. The standard InChI is InChI=1S/C14H19N3S/c1-12-11-17(14(18)15-12)10-6-9-16(2)13-7-4-3-5-8-13/h3-5,7-8,11H,6,9-10H2,1-2H3,(H,15,18). The molecule has 0 saturated heterocycles. The van der Waals surface area contributed by atoms with E-state index >= 15 is 0 Å². The summed E-state index contributed by atoms with van der Waals surface area (Å²) < 4.78 is 2.92.